The van der Waals surface area contributed by atoms with Crippen molar-refractivity contribution in [3.05, 3.63) is 12.2 Å². The molecule has 1 aliphatic heterocycles. The zero-order valence-electron chi connectivity index (χ0n) is 7.97. The summed E-state index contributed by atoms with van der Waals surface area (Å²) in [7, 11) is 0. The Hall–Kier alpha value is -1.98. The number of Topliss-reactive ketones (excluding diaryl/α,β-unsaturated/α-hetero) is 1. The predicted molar refractivity (Wildman–Crippen MR) is 47.7 cm³/mol. The van der Waals surface area contributed by atoms with E-state index in [-0.39, 0.29) is 0 Å². The van der Waals surface area contributed by atoms with E-state index in [1.54, 1.807) is 0 Å². The van der Waals surface area contributed by atoms with Crippen LogP contribution < -0.4 is 0 Å². The van der Waals surface area contributed by atoms with E-state index in [1.165, 1.54) is 0 Å². The number of ketones is 1. The Morgan fingerprint density at radius 3 is 2.13 bits per heavy atom. The highest BCUT2D eigenvalue weighted by molar-refractivity contribution is 6.15. The smallest absolute Gasteiger partial charge is 0.305 e. The van der Waals surface area contributed by atoms with E-state index >= 15 is 0 Å². The largest absolute Gasteiger partial charge is 0.481 e. The van der Waals surface area contributed by atoms with Crippen molar-refractivity contribution in [1.29, 1.82) is 0 Å². The molecule has 0 saturated carbocycles. The van der Waals surface area contributed by atoms with Gasteiger partial charge in [0.2, 0.25) is 0 Å². The molecule has 1 aliphatic rings. The summed E-state index contributed by atoms with van der Waals surface area (Å²) in [5.41, 5.74) is 0. The minimum absolute atomic E-state index is 0.525. The quantitative estimate of drug-likeness (QED) is 0.623. The van der Waals surface area contributed by atoms with E-state index in [0.29, 0.717) is 4.90 Å². The number of aliphatic carboxylic acids is 1. The van der Waals surface area contributed by atoms with Gasteiger partial charge in [-0.05, 0) is 6.92 Å². The zero-order valence-corrected chi connectivity index (χ0v) is 7.97. The lowest BCUT2D eigenvalue weighted by Crippen LogP contribution is -2.45. The Labute approximate surface area is 85.2 Å². The minimum Gasteiger partial charge on any atom is -0.481 e. The van der Waals surface area contributed by atoms with E-state index in [4.69, 9.17) is 5.11 Å². The lowest BCUT2D eigenvalue weighted by Gasteiger charge is -2.21. The fraction of sp³-hybridized carbons (Fsp3) is 0.333. The summed E-state index contributed by atoms with van der Waals surface area (Å²) in [5, 5.41) is 8.54. The van der Waals surface area contributed by atoms with Gasteiger partial charge in [0.1, 0.15) is 6.04 Å². The van der Waals surface area contributed by atoms with E-state index < -0.39 is 36.0 Å². The van der Waals surface area contributed by atoms with Crippen LogP contribution in [0, 0.1) is 0 Å². The van der Waals surface area contributed by atoms with Crippen LogP contribution in [0.5, 0.6) is 0 Å². The zero-order chi connectivity index (χ0) is 11.6. The van der Waals surface area contributed by atoms with E-state index in [0.717, 1.165) is 19.1 Å². The van der Waals surface area contributed by atoms with Gasteiger partial charge in [0.05, 0.1) is 6.42 Å². The van der Waals surface area contributed by atoms with E-state index in [9.17, 15) is 19.2 Å². The molecule has 6 nitrogen and oxygen atoms in total. The van der Waals surface area contributed by atoms with Crippen molar-refractivity contribution in [3.8, 4) is 0 Å². The Morgan fingerprint density at radius 1 is 1.33 bits per heavy atom. The van der Waals surface area contributed by atoms with Gasteiger partial charge in [-0.15, -0.1) is 0 Å². The van der Waals surface area contributed by atoms with Crippen molar-refractivity contribution in [3.63, 3.8) is 0 Å². The lowest BCUT2D eigenvalue weighted by atomic mass is 10.1. The molecule has 1 unspecified atom stereocenters. The number of carboxylic acids is 1. The summed E-state index contributed by atoms with van der Waals surface area (Å²) in [5.74, 6) is -3.06. The van der Waals surface area contributed by atoms with Crippen molar-refractivity contribution in [1.82, 2.24) is 4.90 Å². The van der Waals surface area contributed by atoms with Gasteiger partial charge < -0.3 is 5.11 Å². The highest BCUT2D eigenvalue weighted by Gasteiger charge is 2.35. The van der Waals surface area contributed by atoms with Crippen LogP contribution in [0.25, 0.3) is 0 Å². The maximum atomic E-state index is 11.2. The monoisotopic (exact) mass is 211 g/mol. The van der Waals surface area contributed by atoms with Crippen molar-refractivity contribution in [2.75, 3.05) is 0 Å². The molecule has 6 heteroatoms. The number of hydrogen-bond donors (Lipinski definition) is 1. The van der Waals surface area contributed by atoms with Gasteiger partial charge in [-0.1, -0.05) is 0 Å². The molecule has 1 heterocycles. The van der Waals surface area contributed by atoms with Crippen LogP contribution in [0.3, 0.4) is 0 Å². The molecule has 1 atom stereocenters. The summed E-state index contributed by atoms with van der Waals surface area (Å²) in [6, 6.07) is -1.21. The van der Waals surface area contributed by atoms with Crippen LogP contribution >= 0.6 is 0 Å². The van der Waals surface area contributed by atoms with Gasteiger partial charge in [-0.3, -0.25) is 24.1 Å². The van der Waals surface area contributed by atoms with Crippen LogP contribution in [0.15, 0.2) is 12.2 Å². The molecular formula is C9H9NO5. The second-order valence-corrected chi connectivity index (χ2v) is 3.10. The first-order chi connectivity index (χ1) is 6.93. The molecule has 0 radical (unpaired) electrons. The third-order valence-electron chi connectivity index (χ3n) is 1.99. The molecule has 15 heavy (non-hydrogen) atoms. The van der Waals surface area contributed by atoms with E-state index in [1.807, 2.05) is 0 Å². The van der Waals surface area contributed by atoms with Crippen LogP contribution in [0.1, 0.15) is 13.3 Å². The number of carbonyl (C=O) groups excluding carboxylic acids is 3. The molecule has 1 N–H and O–H groups in total. The van der Waals surface area contributed by atoms with Gasteiger partial charge in [-0.25, -0.2) is 0 Å². The number of carboxylic acid groups (broad SMARTS) is 1. The summed E-state index contributed by atoms with van der Waals surface area (Å²) in [4.78, 5) is 44.6. The fourth-order valence-electron chi connectivity index (χ4n) is 1.30. The standard InChI is InChI=1S/C9H9NO5/c1-5(11)6(4-9(14)15)10-7(12)2-3-8(10)13/h2-3,6H,4H2,1H3,(H,14,15). The molecule has 0 saturated heterocycles. The van der Waals surface area contributed by atoms with Crippen LogP contribution in [-0.2, 0) is 19.2 Å². The van der Waals surface area contributed by atoms with Gasteiger partial charge in [0.25, 0.3) is 11.8 Å². The van der Waals surface area contributed by atoms with E-state index in [2.05, 4.69) is 0 Å². The molecule has 0 aliphatic carbocycles. The average Bonchev–Trinajstić information content (AvgIpc) is 2.42. The Morgan fingerprint density at radius 2 is 1.80 bits per heavy atom. The van der Waals surface area contributed by atoms with Crippen LogP contribution in [0.2, 0.25) is 0 Å². The number of nitrogens with zero attached hydrogens (tertiary/aromatic N) is 1. The van der Waals surface area contributed by atoms with Crippen molar-refractivity contribution in [2.24, 2.45) is 0 Å². The molecular weight excluding hydrogens is 202 g/mol. The molecule has 1 rings (SSSR count). The maximum absolute atomic E-state index is 11.2. The van der Waals surface area contributed by atoms with Crippen molar-refractivity contribution >= 4 is 23.6 Å². The number of rotatable bonds is 4. The summed E-state index contributed by atoms with van der Waals surface area (Å²) >= 11 is 0. The predicted octanol–water partition coefficient (Wildman–Crippen LogP) is -0.656. The van der Waals surface area contributed by atoms with Gasteiger partial charge in [0.15, 0.2) is 5.78 Å². The van der Waals surface area contributed by atoms with Crippen LogP contribution in [-0.4, -0.2) is 39.6 Å². The van der Waals surface area contributed by atoms with Gasteiger partial charge in [0, 0.05) is 12.2 Å². The molecule has 0 bridgehead atoms. The fourth-order valence-corrected chi connectivity index (χ4v) is 1.30. The number of imide groups is 1. The lowest BCUT2D eigenvalue weighted by molar-refractivity contribution is -0.148. The number of carbonyl (C=O) groups is 4. The molecule has 0 aromatic heterocycles. The first-order valence-electron chi connectivity index (χ1n) is 4.21. The Balaban J connectivity index is 2.90. The highest BCUT2D eigenvalue weighted by atomic mass is 16.4. The van der Waals surface area contributed by atoms with Gasteiger partial charge in [-0.2, -0.15) is 0 Å². The third-order valence-corrected chi connectivity index (χ3v) is 1.99. The summed E-state index contributed by atoms with van der Waals surface area (Å²) < 4.78 is 0. The van der Waals surface area contributed by atoms with Crippen molar-refractivity contribution < 1.29 is 24.3 Å². The summed E-state index contributed by atoms with van der Waals surface area (Å²) in [6.07, 6.45) is 1.47. The summed E-state index contributed by atoms with van der Waals surface area (Å²) in [6.45, 7) is 1.15. The highest BCUT2D eigenvalue weighted by Crippen LogP contribution is 2.13. The SMILES string of the molecule is CC(=O)C(CC(=O)O)N1C(=O)C=CC1=O. The minimum atomic E-state index is -1.23. The van der Waals surface area contributed by atoms with Crippen molar-refractivity contribution in [2.45, 2.75) is 19.4 Å². The Kier molecular flexibility index (Phi) is 2.99. The topological polar surface area (TPSA) is 91.8 Å². The normalized spacial score (nSPS) is 17.0. The molecule has 0 fully saturated rings. The van der Waals surface area contributed by atoms with Gasteiger partial charge >= 0.3 is 5.97 Å². The maximum Gasteiger partial charge on any atom is 0.305 e. The average molecular weight is 211 g/mol. The third kappa shape index (κ3) is 2.28. The molecule has 80 valence electrons. The molecule has 0 aromatic carbocycles. The number of amides is 2. The molecule has 0 aromatic rings. The molecule has 0 spiro atoms. The Bertz CT molecular complexity index is 353. The second kappa shape index (κ2) is 4.04. The first-order valence-corrected chi connectivity index (χ1v) is 4.21. The molecule has 2 amide bonds. The first kappa shape index (κ1) is 11.1. The second-order valence-electron chi connectivity index (χ2n) is 3.10. The van der Waals surface area contributed by atoms with Crippen LogP contribution in [0.4, 0.5) is 0 Å². The number of hydrogen-bond acceptors (Lipinski definition) is 4.